The third kappa shape index (κ3) is 6.50. The van der Waals surface area contributed by atoms with E-state index >= 15 is 0 Å². The Bertz CT molecular complexity index is 670. The minimum atomic E-state index is -1.26. The summed E-state index contributed by atoms with van der Waals surface area (Å²) < 4.78 is 0. The molecule has 0 spiro atoms. The van der Waals surface area contributed by atoms with E-state index in [0.717, 1.165) is 0 Å². The van der Waals surface area contributed by atoms with E-state index in [2.05, 4.69) is 16.0 Å². The lowest BCUT2D eigenvalue weighted by Crippen LogP contribution is -2.58. The standard InChI is InChI=1S/C16H22N4O5/c1-9(21)18-12(13(22)20-16(2,3)14(17)23)8-10-4-6-11(7-5-10)19-15(24)25/h4-7,12,19H,8H2,1-3H3,(H2,17,23)(H,18,21)(H,20,22)(H,24,25). The Morgan fingerprint density at radius 1 is 1.16 bits per heavy atom. The second-order valence-corrected chi connectivity index (χ2v) is 6.06. The number of hydrogen-bond donors (Lipinski definition) is 5. The maximum absolute atomic E-state index is 12.4. The number of nitrogens with two attached hydrogens (primary N) is 1. The number of carbonyl (C=O) groups is 4. The zero-order chi connectivity index (χ0) is 19.2. The van der Waals surface area contributed by atoms with E-state index in [1.165, 1.54) is 20.8 Å². The Labute approximate surface area is 145 Å². The molecule has 0 aliphatic carbocycles. The average molecular weight is 350 g/mol. The van der Waals surface area contributed by atoms with Crippen LogP contribution < -0.4 is 21.7 Å². The molecule has 25 heavy (non-hydrogen) atoms. The fourth-order valence-electron chi connectivity index (χ4n) is 1.99. The molecule has 0 aromatic heterocycles. The van der Waals surface area contributed by atoms with Gasteiger partial charge in [-0.3, -0.25) is 19.7 Å². The van der Waals surface area contributed by atoms with Crippen LogP contribution in [0.2, 0.25) is 0 Å². The summed E-state index contributed by atoms with van der Waals surface area (Å²) in [7, 11) is 0. The van der Waals surface area contributed by atoms with Crippen LogP contribution in [0.25, 0.3) is 0 Å². The average Bonchev–Trinajstić information content (AvgIpc) is 2.46. The van der Waals surface area contributed by atoms with Crippen molar-refractivity contribution in [1.82, 2.24) is 10.6 Å². The van der Waals surface area contributed by atoms with Gasteiger partial charge in [-0.25, -0.2) is 4.79 Å². The van der Waals surface area contributed by atoms with Crippen molar-refractivity contribution in [3.05, 3.63) is 29.8 Å². The van der Waals surface area contributed by atoms with Gasteiger partial charge in [-0.1, -0.05) is 12.1 Å². The summed E-state index contributed by atoms with van der Waals surface area (Å²) in [6, 6.07) is 5.44. The van der Waals surface area contributed by atoms with Crippen LogP contribution in [0.1, 0.15) is 26.3 Å². The summed E-state index contributed by atoms with van der Waals surface area (Å²) in [5, 5.41) is 15.9. The third-order valence-corrected chi connectivity index (χ3v) is 3.39. The van der Waals surface area contributed by atoms with E-state index in [1.807, 2.05) is 0 Å². The molecule has 6 N–H and O–H groups in total. The summed E-state index contributed by atoms with van der Waals surface area (Å²) in [5.41, 5.74) is 5.05. The van der Waals surface area contributed by atoms with Gasteiger partial charge < -0.3 is 21.5 Å². The van der Waals surface area contributed by atoms with E-state index in [-0.39, 0.29) is 6.42 Å². The monoisotopic (exact) mass is 350 g/mol. The van der Waals surface area contributed by atoms with Crippen LogP contribution >= 0.6 is 0 Å². The predicted octanol–water partition coefficient (Wildman–Crippen LogP) is 0.204. The van der Waals surface area contributed by atoms with E-state index in [9.17, 15) is 19.2 Å². The second kappa shape index (κ2) is 8.13. The molecule has 9 nitrogen and oxygen atoms in total. The van der Waals surface area contributed by atoms with Crippen molar-refractivity contribution in [1.29, 1.82) is 0 Å². The minimum absolute atomic E-state index is 0.160. The molecule has 0 saturated heterocycles. The van der Waals surface area contributed by atoms with Crippen LogP contribution in [0.4, 0.5) is 10.5 Å². The second-order valence-electron chi connectivity index (χ2n) is 6.06. The first kappa shape index (κ1) is 19.9. The molecule has 0 aliphatic rings. The van der Waals surface area contributed by atoms with Crippen molar-refractivity contribution in [2.45, 2.75) is 38.8 Å². The third-order valence-electron chi connectivity index (χ3n) is 3.39. The molecule has 1 aromatic carbocycles. The van der Waals surface area contributed by atoms with Crippen molar-refractivity contribution in [2.75, 3.05) is 5.32 Å². The summed E-state index contributed by atoms with van der Waals surface area (Å²) in [6.07, 6.45) is -1.02. The lowest BCUT2D eigenvalue weighted by molar-refractivity contribution is -0.133. The van der Waals surface area contributed by atoms with Gasteiger partial charge in [0.1, 0.15) is 11.6 Å². The Hall–Kier alpha value is -3.10. The number of hydrogen-bond acceptors (Lipinski definition) is 4. The maximum atomic E-state index is 12.4. The van der Waals surface area contributed by atoms with Crippen molar-refractivity contribution in [3.8, 4) is 0 Å². The molecular weight excluding hydrogens is 328 g/mol. The van der Waals surface area contributed by atoms with Gasteiger partial charge in [0.2, 0.25) is 17.7 Å². The summed E-state index contributed by atoms with van der Waals surface area (Å²) >= 11 is 0. The molecule has 4 amide bonds. The molecule has 0 fully saturated rings. The number of carbonyl (C=O) groups excluding carboxylic acids is 3. The molecule has 0 aliphatic heterocycles. The number of nitrogens with one attached hydrogen (secondary N) is 3. The zero-order valence-corrected chi connectivity index (χ0v) is 14.3. The van der Waals surface area contributed by atoms with E-state index in [4.69, 9.17) is 10.8 Å². The van der Waals surface area contributed by atoms with Gasteiger partial charge in [0.15, 0.2) is 0 Å². The summed E-state index contributed by atoms with van der Waals surface area (Å²) in [6.45, 7) is 4.20. The lowest BCUT2D eigenvalue weighted by atomic mass is 10.0. The van der Waals surface area contributed by atoms with Crippen LogP contribution in [0.15, 0.2) is 24.3 Å². The molecule has 0 radical (unpaired) electrons. The number of anilines is 1. The Morgan fingerprint density at radius 2 is 1.72 bits per heavy atom. The Morgan fingerprint density at radius 3 is 2.16 bits per heavy atom. The van der Waals surface area contributed by atoms with Crippen molar-refractivity contribution in [2.24, 2.45) is 5.73 Å². The van der Waals surface area contributed by atoms with Crippen LogP contribution in [-0.2, 0) is 20.8 Å². The first-order valence-electron chi connectivity index (χ1n) is 7.49. The highest BCUT2D eigenvalue weighted by molar-refractivity contribution is 5.93. The molecule has 1 atom stereocenters. The predicted molar refractivity (Wildman–Crippen MR) is 90.8 cm³/mol. The van der Waals surface area contributed by atoms with Crippen LogP contribution in [0.5, 0.6) is 0 Å². The van der Waals surface area contributed by atoms with Gasteiger partial charge >= 0.3 is 6.09 Å². The van der Waals surface area contributed by atoms with E-state index in [0.29, 0.717) is 11.3 Å². The SMILES string of the molecule is CC(=O)NC(Cc1ccc(NC(=O)O)cc1)C(=O)NC(C)(C)C(N)=O. The van der Waals surface area contributed by atoms with Crippen LogP contribution in [-0.4, -0.2) is 40.5 Å². The first-order valence-corrected chi connectivity index (χ1v) is 7.49. The highest BCUT2D eigenvalue weighted by atomic mass is 16.4. The number of carboxylic acid groups (broad SMARTS) is 1. The minimum Gasteiger partial charge on any atom is -0.465 e. The zero-order valence-electron chi connectivity index (χ0n) is 14.3. The molecule has 1 unspecified atom stereocenters. The van der Waals surface area contributed by atoms with Crippen LogP contribution in [0, 0.1) is 0 Å². The number of primary amides is 1. The van der Waals surface area contributed by atoms with Gasteiger partial charge in [-0.15, -0.1) is 0 Å². The molecule has 0 saturated carbocycles. The van der Waals surface area contributed by atoms with Gasteiger partial charge in [0.05, 0.1) is 0 Å². The molecule has 136 valence electrons. The quantitative estimate of drug-likeness (QED) is 0.476. The summed E-state index contributed by atoms with van der Waals surface area (Å²) in [5.74, 6) is -1.65. The molecule has 0 bridgehead atoms. The number of benzene rings is 1. The lowest BCUT2D eigenvalue weighted by Gasteiger charge is -2.26. The Balaban J connectivity index is 2.88. The van der Waals surface area contributed by atoms with Gasteiger partial charge in [-0.2, -0.15) is 0 Å². The van der Waals surface area contributed by atoms with Gasteiger partial charge in [0.25, 0.3) is 0 Å². The van der Waals surface area contributed by atoms with Crippen molar-refractivity contribution >= 4 is 29.5 Å². The topological polar surface area (TPSA) is 151 Å². The molecule has 1 aromatic rings. The number of amides is 4. The Kier molecular flexibility index (Phi) is 6.49. The molecular formula is C16H22N4O5. The van der Waals surface area contributed by atoms with E-state index in [1.54, 1.807) is 24.3 Å². The van der Waals surface area contributed by atoms with Crippen LogP contribution in [0.3, 0.4) is 0 Å². The fourth-order valence-corrected chi connectivity index (χ4v) is 1.99. The van der Waals surface area contributed by atoms with Crippen molar-refractivity contribution in [3.63, 3.8) is 0 Å². The molecule has 1 rings (SSSR count). The largest absolute Gasteiger partial charge is 0.465 e. The normalized spacial score (nSPS) is 12.0. The van der Waals surface area contributed by atoms with Gasteiger partial charge in [0, 0.05) is 19.0 Å². The highest BCUT2D eigenvalue weighted by Gasteiger charge is 2.30. The van der Waals surface area contributed by atoms with Crippen molar-refractivity contribution < 1.29 is 24.3 Å². The van der Waals surface area contributed by atoms with E-state index < -0.39 is 35.4 Å². The highest BCUT2D eigenvalue weighted by Crippen LogP contribution is 2.12. The molecule has 0 heterocycles. The van der Waals surface area contributed by atoms with Gasteiger partial charge in [-0.05, 0) is 31.5 Å². The fraction of sp³-hybridized carbons (Fsp3) is 0.375. The number of rotatable bonds is 7. The maximum Gasteiger partial charge on any atom is 0.409 e. The first-order chi connectivity index (χ1) is 11.5. The smallest absolute Gasteiger partial charge is 0.409 e. The molecule has 9 heteroatoms. The summed E-state index contributed by atoms with van der Waals surface area (Å²) in [4.78, 5) is 45.7.